The molecular formula is C33H45N7O4. The van der Waals surface area contributed by atoms with Crippen molar-refractivity contribution < 1.29 is 19.5 Å². The molecule has 0 atom stereocenters. The van der Waals surface area contributed by atoms with Gasteiger partial charge in [-0.3, -0.25) is 14.4 Å². The SMILES string of the molecule is CCN(CC)CCCNC(=O)c1cc(N=Nc2c(O)c(C(N)=O)cc3ccccc23)cc(C(=O)NCCCN(CC)CC)c1. The number of nitrogens with zero attached hydrogens (tertiary/aromatic N) is 4. The second-order valence-corrected chi connectivity index (χ2v) is 10.4. The number of amides is 3. The Morgan fingerprint density at radius 1 is 0.773 bits per heavy atom. The van der Waals surface area contributed by atoms with Crippen molar-refractivity contribution in [2.75, 3.05) is 52.4 Å². The Labute approximate surface area is 259 Å². The molecule has 0 aromatic heterocycles. The van der Waals surface area contributed by atoms with Gasteiger partial charge in [0.15, 0.2) is 5.75 Å². The molecule has 0 saturated carbocycles. The van der Waals surface area contributed by atoms with Gasteiger partial charge in [-0.1, -0.05) is 52.0 Å². The van der Waals surface area contributed by atoms with Crippen LogP contribution in [0.3, 0.4) is 0 Å². The Morgan fingerprint density at radius 3 is 1.80 bits per heavy atom. The van der Waals surface area contributed by atoms with Crippen LogP contribution in [0, 0.1) is 0 Å². The Balaban J connectivity index is 1.90. The van der Waals surface area contributed by atoms with Crippen LogP contribution in [0.25, 0.3) is 10.8 Å². The van der Waals surface area contributed by atoms with Gasteiger partial charge in [0.2, 0.25) is 0 Å². The lowest BCUT2D eigenvalue weighted by atomic mass is 10.0. The fourth-order valence-electron chi connectivity index (χ4n) is 4.94. The van der Waals surface area contributed by atoms with Crippen molar-refractivity contribution >= 4 is 39.9 Å². The molecule has 0 aliphatic rings. The molecule has 3 aromatic rings. The number of nitrogens with two attached hydrogens (primary N) is 1. The highest BCUT2D eigenvalue weighted by Gasteiger charge is 2.17. The van der Waals surface area contributed by atoms with Gasteiger partial charge in [0.05, 0.1) is 11.3 Å². The lowest BCUT2D eigenvalue weighted by Crippen LogP contribution is -2.31. The Kier molecular flexibility index (Phi) is 13.2. The molecule has 3 rings (SSSR count). The molecule has 0 aliphatic heterocycles. The number of benzene rings is 3. The first-order chi connectivity index (χ1) is 21.2. The molecule has 44 heavy (non-hydrogen) atoms. The summed E-state index contributed by atoms with van der Waals surface area (Å²) in [5.41, 5.74) is 6.23. The summed E-state index contributed by atoms with van der Waals surface area (Å²) in [5.74, 6) is -1.86. The van der Waals surface area contributed by atoms with E-state index in [2.05, 4.69) is 58.4 Å². The molecule has 0 unspecified atom stereocenters. The first-order valence-corrected chi connectivity index (χ1v) is 15.3. The van der Waals surface area contributed by atoms with Crippen LogP contribution in [0.2, 0.25) is 0 Å². The molecule has 3 aromatic carbocycles. The summed E-state index contributed by atoms with van der Waals surface area (Å²) in [6, 6.07) is 13.2. The summed E-state index contributed by atoms with van der Waals surface area (Å²) in [6.45, 7) is 14.9. The first-order valence-electron chi connectivity index (χ1n) is 15.3. The maximum Gasteiger partial charge on any atom is 0.252 e. The number of primary amides is 1. The Bertz CT molecular complexity index is 1420. The normalized spacial score (nSPS) is 11.5. The number of hydrogen-bond donors (Lipinski definition) is 4. The van der Waals surface area contributed by atoms with E-state index in [9.17, 15) is 19.5 Å². The van der Waals surface area contributed by atoms with Crippen molar-refractivity contribution in [3.63, 3.8) is 0 Å². The maximum atomic E-state index is 13.2. The molecule has 0 radical (unpaired) electrons. The van der Waals surface area contributed by atoms with E-state index in [-0.39, 0.29) is 39.9 Å². The number of rotatable bonds is 17. The fraction of sp³-hybridized carbons (Fsp3) is 0.424. The highest BCUT2D eigenvalue weighted by molar-refractivity contribution is 6.06. The van der Waals surface area contributed by atoms with E-state index in [0.717, 1.165) is 52.1 Å². The van der Waals surface area contributed by atoms with E-state index < -0.39 is 11.7 Å². The smallest absolute Gasteiger partial charge is 0.252 e. The third kappa shape index (κ3) is 9.32. The summed E-state index contributed by atoms with van der Waals surface area (Å²) in [5, 5.41) is 26.5. The second-order valence-electron chi connectivity index (χ2n) is 10.4. The van der Waals surface area contributed by atoms with E-state index in [1.807, 2.05) is 0 Å². The molecule has 11 heteroatoms. The number of azo groups is 1. The predicted molar refractivity (Wildman–Crippen MR) is 174 cm³/mol. The standard InChI is InChI=1S/C33H45N7O4/c1-5-39(6-2)17-11-15-35-32(43)24-19-25(33(44)36-16-12-18-40(7-3)8-4)21-26(20-24)37-38-29-27-14-10-9-13-23(27)22-28(30(29)41)31(34)42/h9-10,13-14,19-22,41H,5-8,11-12,15-18H2,1-4H3,(H2,34,42)(H,35,43)(H,36,44). The summed E-state index contributed by atoms with van der Waals surface area (Å²) in [7, 11) is 0. The third-order valence-electron chi connectivity index (χ3n) is 7.63. The molecule has 0 saturated heterocycles. The minimum Gasteiger partial charge on any atom is -0.505 e. The maximum absolute atomic E-state index is 13.2. The summed E-state index contributed by atoms with van der Waals surface area (Å²) in [4.78, 5) is 42.9. The topological polar surface area (TPSA) is 153 Å². The van der Waals surface area contributed by atoms with Crippen LogP contribution in [0.4, 0.5) is 11.4 Å². The molecule has 0 aliphatic carbocycles. The van der Waals surface area contributed by atoms with Crippen LogP contribution in [0.1, 0.15) is 71.6 Å². The molecule has 3 amide bonds. The number of phenols is 1. The Morgan fingerprint density at radius 2 is 1.30 bits per heavy atom. The molecule has 0 heterocycles. The monoisotopic (exact) mass is 603 g/mol. The van der Waals surface area contributed by atoms with Gasteiger partial charge >= 0.3 is 0 Å². The molecule has 0 spiro atoms. The molecule has 0 fully saturated rings. The van der Waals surface area contributed by atoms with E-state index >= 15 is 0 Å². The number of fused-ring (bicyclic) bond motifs is 1. The van der Waals surface area contributed by atoms with Gasteiger partial charge in [0.25, 0.3) is 17.7 Å². The minimum absolute atomic E-state index is 0.0607. The van der Waals surface area contributed by atoms with E-state index in [4.69, 9.17) is 5.73 Å². The molecule has 5 N–H and O–H groups in total. The van der Waals surface area contributed by atoms with Crippen molar-refractivity contribution in [2.24, 2.45) is 16.0 Å². The zero-order chi connectivity index (χ0) is 32.1. The average Bonchev–Trinajstić information content (AvgIpc) is 3.03. The van der Waals surface area contributed by atoms with E-state index in [1.54, 1.807) is 30.3 Å². The average molecular weight is 604 g/mol. The van der Waals surface area contributed by atoms with Gasteiger partial charge in [-0.15, -0.1) is 5.11 Å². The van der Waals surface area contributed by atoms with Crippen LogP contribution in [-0.4, -0.2) is 85.0 Å². The van der Waals surface area contributed by atoms with Gasteiger partial charge in [-0.05, 0) is 81.8 Å². The number of carbonyl (C=O) groups is 3. The first kappa shape index (κ1) is 34.1. The number of hydrogen-bond acceptors (Lipinski definition) is 8. The quantitative estimate of drug-likeness (QED) is 0.126. The second kappa shape index (κ2) is 17.1. The van der Waals surface area contributed by atoms with Crippen molar-refractivity contribution in [3.05, 3.63) is 65.2 Å². The van der Waals surface area contributed by atoms with Crippen LogP contribution in [0.5, 0.6) is 5.75 Å². The lowest BCUT2D eigenvalue weighted by molar-refractivity contribution is 0.0949. The highest BCUT2D eigenvalue weighted by atomic mass is 16.3. The summed E-state index contributed by atoms with van der Waals surface area (Å²) < 4.78 is 0. The largest absolute Gasteiger partial charge is 0.505 e. The Hall–Kier alpha value is -4.35. The zero-order valence-corrected chi connectivity index (χ0v) is 26.2. The van der Waals surface area contributed by atoms with Crippen molar-refractivity contribution in [3.8, 4) is 5.75 Å². The number of aromatic hydroxyl groups is 1. The van der Waals surface area contributed by atoms with E-state index in [1.165, 1.54) is 18.2 Å². The van der Waals surface area contributed by atoms with Gasteiger partial charge in [0.1, 0.15) is 5.69 Å². The minimum atomic E-state index is -0.802. The number of carbonyl (C=O) groups excluding carboxylic acids is 3. The summed E-state index contributed by atoms with van der Waals surface area (Å²) >= 11 is 0. The van der Waals surface area contributed by atoms with Gasteiger partial charge < -0.3 is 31.3 Å². The van der Waals surface area contributed by atoms with Crippen molar-refractivity contribution in [2.45, 2.75) is 40.5 Å². The van der Waals surface area contributed by atoms with E-state index in [0.29, 0.717) is 23.9 Å². The van der Waals surface area contributed by atoms with Crippen LogP contribution in [-0.2, 0) is 0 Å². The van der Waals surface area contributed by atoms with Gasteiger partial charge in [0, 0.05) is 29.6 Å². The van der Waals surface area contributed by atoms with Crippen molar-refractivity contribution in [1.29, 1.82) is 0 Å². The van der Waals surface area contributed by atoms with Gasteiger partial charge in [-0.2, -0.15) is 5.11 Å². The lowest BCUT2D eigenvalue weighted by Gasteiger charge is -2.18. The fourth-order valence-corrected chi connectivity index (χ4v) is 4.94. The van der Waals surface area contributed by atoms with Gasteiger partial charge in [-0.25, -0.2) is 0 Å². The summed E-state index contributed by atoms with van der Waals surface area (Å²) in [6.07, 6.45) is 1.57. The molecule has 11 nitrogen and oxygen atoms in total. The van der Waals surface area contributed by atoms with Crippen molar-refractivity contribution in [1.82, 2.24) is 20.4 Å². The van der Waals surface area contributed by atoms with Crippen LogP contribution >= 0.6 is 0 Å². The molecule has 236 valence electrons. The zero-order valence-electron chi connectivity index (χ0n) is 26.2. The molecule has 0 bridgehead atoms. The molecular weight excluding hydrogens is 558 g/mol. The highest BCUT2D eigenvalue weighted by Crippen LogP contribution is 2.39. The number of nitrogens with one attached hydrogen (secondary N) is 2. The third-order valence-corrected chi connectivity index (χ3v) is 7.63. The van der Waals surface area contributed by atoms with Crippen LogP contribution in [0.15, 0.2) is 58.8 Å². The van der Waals surface area contributed by atoms with Crippen LogP contribution < -0.4 is 16.4 Å². The predicted octanol–water partition coefficient (Wildman–Crippen LogP) is 4.98.